The Balaban J connectivity index is 2.29. The number of hydrogen-bond donors (Lipinski definition) is 1. The summed E-state index contributed by atoms with van der Waals surface area (Å²) in [5, 5.41) is 0.697. The molecule has 0 fully saturated rings. The minimum atomic E-state index is -0.468. The van der Waals surface area contributed by atoms with Crippen LogP contribution in [-0.4, -0.2) is 7.11 Å². The number of aryl methyl sites for hydroxylation is 1. The van der Waals surface area contributed by atoms with Gasteiger partial charge >= 0.3 is 0 Å². The summed E-state index contributed by atoms with van der Waals surface area (Å²) < 4.78 is 5.40. The summed E-state index contributed by atoms with van der Waals surface area (Å²) in [6.45, 7) is 4.18. The molecule has 2 rings (SSSR count). The molecule has 0 bridgehead atoms. The van der Waals surface area contributed by atoms with Gasteiger partial charge in [0.25, 0.3) is 0 Å². The normalized spacial score (nSPS) is 13.8. The molecular weight excluding hydrogens is 282 g/mol. The highest BCUT2D eigenvalue weighted by atomic mass is 35.5. The van der Waals surface area contributed by atoms with E-state index in [1.807, 2.05) is 25.1 Å². The molecule has 0 heterocycles. The summed E-state index contributed by atoms with van der Waals surface area (Å²) in [7, 11) is 1.66. The van der Waals surface area contributed by atoms with Gasteiger partial charge in [-0.15, -0.1) is 0 Å². The number of ether oxygens (including phenoxy) is 1. The third-order valence-corrected chi connectivity index (χ3v) is 4.06. The molecule has 2 aromatic rings. The van der Waals surface area contributed by atoms with E-state index in [9.17, 15) is 0 Å². The molecule has 0 amide bonds. The Labute approximate surface area is 131 Å². The summed E-state index contributed by atoms with van der Waals surface area (Å²) in [5.41, 5.74) is 9.52. The molecule has 0 aromatic heterocycles. The first-order chi connectivity index (χ1) is 9.96. The van der Waals surface area contributed by atoms with Crippen molar-refractivity contribution in [3.63, 3.8) is 0 Å². The van der Waals surface area contributed by atoms with E-state index in [2.05, 4.69) is 31.2 Å². The monoisotopic (exact) mass is 303 g/mol. The zero-order valence-electron chi connectivity index (χ0n) is 12.8. The Morgan fingerprint density at radius 1 is 1.14 bits per heavy atom. The van der Waals surface area contributed by atoms with Crippen molar-refractivity contribution in [2.45, 2.75) is 32.2 Å². The molecule has 0 aliphatic carbocycles. The van der Waals surface area contributed by atoms with Crippen LogP contribution in [0.5, 0.6) is 5.75 Å². The smallest absolute Gasteiger partial charge is 0.122 e. The maximum Gasteiger partial charge on any atom is 0.122 e. The highest BCUT2D eigenvalue weighted by molar-refractivity contribution is 6.30. The fourth-order valence-corrected chi connectivity index (χ4v) is 2.70. The number of halogens is 1. The SMILES string of the molecule is CCc1ccc(C(C)(N)Cc2cc(Cl)ccc2OC)cc1. The predicted molar refractivity (Wildman–Crippen MR) is 89.1 cm³/mol. The maximum atomic E-state index is 6.54. The summed E-state index contributed by atoms with van der Waals surface area (Å²) >= 11 is 6.09. The van der Waals surface area contributed by atoms with Gasteiger partial charge in [-0.1, -0.05) is 42.8 Å². The van der Waals surface area contributed by atoms with Crippen molar-refractivity contribution >= 4 is 11.6 Å². The van der Waals surface area contributed by atoms with Crippen LogP contribution >= 0.6 is 11.6 Å². The van der Waals surface area contributed by atoms with Gasteiger partial charge in [0.15, 0.2) is 0 Å². The lowest BCUT2D eigenvalue weighted by Crippen LogP contribution is -2.35. The third-order valence-electron chi connectivity index (χ3n) is 3.82. The van der Waals surface area contributed by atoms with Gasteiger partial charge in [0.2, 0.25) is 0 Å². The van der Waals surface area contributed by atoms with Crippen molar-refractivity contribution < 1.29 is 4.74 Å². The quantitative estimate of drug-likeness (QED) is 0.892. The van der Waals surface area contributed by atoms with Crippen LogP contribution in [0.1, 0.15) is 30.5 Å². The molecule has 0 radical (unpaired) electrons. The molecular formula is C18H22ClNO. The Hall–Kier alpha value is -1.51. The van der Waals surface area contributed by atoms with E-state index >= 15 is 0 Å². The summed E-state index contributed by atoms with van der Waals surface area (Å²) in [4.78, 5) is 0. The minimum Gasteiger partial charge on any atom is -0.496 e. The molecule has 112 valence electrons. The lowest BCUT2D eigenvalue weighted by molar-refractivity contribution is 0.400. The Morgan fingerprint density at radius 2 is 1.81 bits per heavy atom. The van der Waals surface area contributed by atoms with Gasteiger partial charge in [0, 0.05) is 10.6 Å². The molecule has 3 heteroatoms. The van der Waals surface area contributed by atoms with Crippen molar-refractivity contribution in [1.29, 1.82) is 0 Å². The molecule has 2 nitrogen and oxygen atoms in total. The van der Waals surface area contributed by atoms with Crippen molar-refractivity contribution in [2.75, 3.05) is 7.11 Å². The maximum absolute atomic E-state index is 6.54. The van der Waals surface area contributed by atoms with Gasteiger partial charge in [0.05, 0.1) is 7.11 Å². The van der Waals surface area contributed by atoms with Crippen LogP contribution in [0, 0.1) is 0 Å². The molecule has 2 N–H and O–H groups in total. The summed E-state index contributed by atoms with van der Waals surface area (Å²) in [5.74, 6) is 0.821. The van der Waals surface area contributed by atoms with Gasteiger partial charge < -0.3 is 10.5 Å². The Kier molecular flexibility index (Phi) is 4.92. The average molecular weight is 304 g/mol. The van der Waals surface area contributed by atoms with E-state index in [1.54, 1.807) is 7.11 Å². The van der Waals surface area contributed by atoms with Crippen molar-refractivity contribution in [3.8, 4) is 5.75 Å². The van der Waals surface area contributed by atoms with Crippen LogP contribution in [0.2, 0.25) is 5.02 Å². The second-order valence-corrected chi connectivity index (χ2v) is 6.04. The Bertz CT molecular complexity index is 605. The zero-order chi connectivity index (χ0) is 15.5. The second kappa shape index (κ2) is 6.50. The lowest BCUT2D eigenvalue weighted by Gasteiger charge is -2.26. The van der Waals surface area contributed by atoms with E-state index in [-0.39, 0.29) is 0 Å². The number of rotatable bonds is 5. The van der Waals surface area contributed by atoms with Gasteiger partial charge in [-0.2, -0.15) is 0 Å². The van der Waals surface area contributed by atoms with E-state index in [1.165, 1.54) is 5.56 Å². The van der Waals surface area contributed by atoms with Crippen LogP contribution in [0.3, 0.4) is 0 Å². The molecule has 0 saturated heterocycles. The lowest BCUT2D eigenvalue weighted by atomic mass is 9.86. The number of benzene rings is 2. The van der Waals surface area contributed by atoms with Crippen LogP contribution in [0.15, 0.2) is 42.5 Å². The predicted octanol–water partition coefficient (Wildman–Crippen LogP) is 4.33. The number of methoxy groups -OCH3 is 1. The highest BCUT2D eigenvalue weighted by Crippen LogP contribution is 2.30. The fourth-order valence-electron chi connectivity index (χ4n) is 2.50. The topological polar surface area (TPSA) is 35.2 Å². The van der Waals surface area contributed by atoms with E-state index in [0.29, 0.717) is 11.4 Å². The third kappa shape index (κ3) is 3.78. The largest absolute Gasteiger partial charge is 0.496 e. The zero-order valence-corrected chi connectivity index (χ0v) is 13.6. The first-order valence-electron chi connectivity index (χ1n) is 7.17. The van der Waals surface area contributed by atoms with Crippen LogP contribution < -0.4 is 10.5 Å². The van der Waals surface area contributed by atoms with Crippen molar-refractivity contribution in [2.24, 2.45) is 5.73 Å². The van der Waals surface area contributed by atoms with Crippen LogP contribution in [0.25, 0.3) is 0 Å². The van der Waals surface area contributed by atoms with Gasteiger partial charge in [-0.05, 0) is 54.7 Å². The first-order valence-corrected chi connectivity index (χ1v) is 7.55. The average Bonchev–Trinajstić information content (AvgIpc) is 2.47. The minimum absolute atomic E-state index is 0.468. The Morgan fingerprint density at radius 3 is 2.38 bits per heavy atom. The van der Waals surface area contributed by atoms with Crippen molar-refractivity contribution in [1.82, 2.24) is 0 Å². The van der Waals surface area contributed by atoms with Crippen LogP contribution in [-0.2, 0) is 18.4 Å². The molecule has 0 saturated carbocycles. The first kappa shape index (κ1) is 15.9. The second-order valence-electron chi connectivity index (χ2n) is 5.60. The van der Waals surface area contributed by atoms with Crippen molar-refractivity contribution in [3.05, 3.63) is 64.2 Å². The number of hydrogen-bond acceptors (Lipinski definition) is 2. The summed E-state index contributed by atoms with van der Waals surface area (Å²) in [6, 6.07) is 14.1. The van der Waals surface area contributed by atoms with Gasteiger partial charge in [-0.3, -0.25) is 0 Å². The van der Waals surface area contributed by atoms with Gasteiger partial charge in [0.1, 0.15) is 5.75 Å². The van der Waals surface area contributed by atoms with E-state index < -0.39 is 5.54 Å². The fraction of sp³-hybridized carbons (Fsp3) is 0.333. The molecule has 0 spiro atoms. The molecule has 0 aliphatic rings. The molecule has 2 aromatic carbocycles. The van der Waals surface area contributed by atoms with E-state index in [0.717, 1.165) is 23.3 Å². The van der Waals surface area contributed by atoms with Crippen LogP contribution in [0.4, 0.5) is 0 Å². The number of nitrogens with two attached hydrogens (primary N) is 1. The molecule has 1 atom stereocenters. The molecule has 1 unspecified atom stereocenters. The summed E-state index contributed by atoms with van der Waals surface area (Å²) in [6.07, 6.45) is 1.70. The van der Waals surface area contributed by atoms with Gasteiger partial charge in [-0.25, -0.2) is 0 Å². The molecule has 0 aliphatic heterocycles. The standard InChI is InChI=1S/C18H22ClNO/c1-4-13-5-7-15(8-6-13)18(2,20)12-14-11-16(19)9-10-17(14)21-3/h5-11H,4,12,20H2,1-3H3. The van der Waals surface area contributed by atoms with E-state index in [4.69, 9.17) is 22.1 Å². The highest BCUT2D eigenvalue weighted by Gasteiger charge is 2.23. The molecule has 21 heavy (non-hydrogen) atoms.